The molecule has 19 heavy (non-hydrogen) atoms. The molecule has 0 bridgehead atoms. The van der Waals surface area contributed by atoms with E-state index in [1.54, 1.807) is 12.3 Å². The van der Waals surface area contributed by atoms with E-state index in [0.29, 0.717) is 6.42 Å². The molecule has 0 spiro atoms. The molecule has 0 saturated carbocycles. The zero-order valence-corrected chi connectivity index (χ0v) is 11.3. The fourth-order valence-electron chi connectivity index (χ4n) is 2.21. The van der Waals surface area contributed by atoms with Gasteiger partial charge in [0.2, 0.25) is 0 Å². The van der Waals surface area contributed by atoms with Gasteiger partial charge >= 0.3 is 0 Å². The number of halogens is 1. The average molecular weight is 258 g/mol. The summed E-state index contributed by atoms with van der Waals surface area (Å²) >= 11 is 0. The summed E-state index contributed by atoms with van der Waals surface area (Å²) in [5, 5.41) is 3.47. The topological polar surface area (TPSA) is 24.9 Å². The van der Waals surface area contributed by atoms with Gasteiger partial charge in [0.1, 0.15) is 5.82 Å². The Balaban J connectivity index is 1.95. The molecule has 0 radical (unpaired) electrons. The molecule has 3 heteroatoms. The SMILES string of the molecule is CC(Cc1ccccc1F)N[C@H](C)c1cccnc1. The highest BCUT2D eigenvalue weighted by Crippen LogP contribution is 2.14. The van der Waals surface area contributed by atoms with Crippen LogP contribution in [0, 0.1) is 5.82 Å². The van der Waals surface area contributed by atoms with Gasteiger partial charge in [-0.1, -0.05) is 24.3 Å². The smallest absolute Gasteiger partial charge is 0.126 e. The molecule has 0 saturated heterocycles. The summed E-state index contributed by atoms with van der Waals surface area (Å²) in [6, 6.07) is 11.3. The molecule has 1 N–H and O–H groups in total. The van der Waals surface area contributed by atoms with Gasteiger partial charge in [0.25, 0.3) is 0 Å². The number of aromatic nitrogens is 1. The number of nitrogens with one attached hydrogen (secondary N) is 1. The zero-order chi connectivity index (χ0) is 13.7. The molecule has 2 nitrogen and oxygen atoms in total. The largest absolute Gasteiger partial charge is 0.307 e. The molecule has 1 aromatic carbocycles. The molecular weight excluding hydrogens is 239 g/mol. The maximum absolute atomic E-state index is 13.6. The van der Waals surface area contributed by atoms with E-state index in [2.05, 4.69) is 24.1 Å². The van der Waals surface area contributed by atoms with E-state index < -0.39 is 0 Å². The number of hydrogen-bond acceptors (Lipinski definition) is 2. The van der Waals surface area contributed by atoms with Crippen LogP contribution in [0.25, 0.3) is 0 Å². The lowest BCUT2D eigenvalue weighted by Crippen LogP contribution is -2.31. The summed E-state index contributed by atoms with van der Waals surface area (Å²) in [7, 11) is 0. The van der Waals surface area contributed by atoms with Gasteiger partial charge in [-0.2, -0.15) is 0 Å². The molecule has 0 fully saturated rings. The second-order valence-corrected chi connectivity index (χ2v) is 4.87. The van der Waals surface area contributed by atoms with E-state index in [4.69, 9.17) is 0 Å². The van der Waals surface area contributed by atoms with Gasteiger partial charge < -0.3 is 5.32 Å². The minimum absolute atomic E-state index is 0.134. The summed E-state index contributed by atoms with van der Waals surface area (Å²) in [6.07, 6.45) is 4.30. The second-order valence-electron chi connectivity index (χ2n) is 4.87. The Morgan fingerprint density at radius 3 is 2.63 bits per heavy atom. The van der Waals surface area contributed by atoms with Crippen molar-refractivity contribution in [3.05, 3.63) is 65.7 Å². The Kier molecular flexibility index (Phi) is 4.63. The normalized spacial score (nSPS) is 14.1. The first-order valence-corrected chi connectivity index (χ1v) is 6.56. The number of pyridine rings is 1. The van der Waals surface area contributed by atoms with Crippen molar-refractivity contribution in [1.29, 1.82) is 0 Å². The molecule has 0 amide bonds. The molecule has 2 rings (SSSR count). The molecule has 1 unspecified atom stereocenters. The third-order valence-corrected chi connectivity index (χ3v) is 3.20. The maximum atomic E-state index is 13.6. The van der Waals surface area contributed by atoms with E-state index in [1.165, 1.54) is 6.07 Å². The van der Waals surface area contributed by atoms with E-state index in [-0.39, 0.29) is 17.9 Å². The average Bonchev–Trinajstić information content (AvgIpc) is 2.42. The molecule has 0 aliphatic rings. The van der Waals surface area contributed by atoms with Crippen LogP contribution in [0.2, 0.25) is 0 Å². The lowest BCUT2D eigenvalue weighted by molar-refractivity contribution is 0.468. The summed E-state index contributed by atoms with van der Waals surface area (Å²) < 4.78 is 13.6. The van der Waals surface area contributed by atoms with E-state index in [0.717, 1.165) is 11.1 Å². The molecule has 2 aromatic rings. The first-order valence-electron chi connectivity index (χ1n) is 6.56. The fourth-order valence-corrected chi connectivity index (χ4v) is 2.21. The van der Waals surface area contributed by atoms with Crippen LogP contribution in [-0.2, 0) is 6.42 Å². The van der Waals surface area contributed by atoms with Crippen LogP contribution in [0.15, 0.2) is 48.8 Å². The predicted octanol–water partition coefficient (Wildman–Crippen LogP) is 3.50. The first-order chi connectivity index (χ1) is 9.16. The van der Waals surface area contributed by atoms with E-state index in [1.807, 2.05) is 30.5 Å². The summed E-state index contributed by atoms with van der Waals surface area (Å²) in [5.74, 6) is -0.134. The van der Waals surface area contributed by atoms with Crippen molar-refractivity contribution in [2.75, 3.05) is 0 Å². The summed E-state index contributed by atoms with van der Waals surface area (Å²) in [6.45, 7) is 4.16. The van der Waals surface area contributed by atoms with Crippen molar-refractivity contribution in [2.24, 2.45) is 0 Å². The highest BCUT2D eigenvalue weighted by atomic mass is 19.1. The molecule has 2 atom stereocenters. The lowest BCUT2D eigenvalue weighted by atomic mass is 10.0. The molecular formula is C16H19FN2. The molecule has 0 aliphatic heterocycles. The first kappa shape index (κ1) is 13.7. The minimum Gasteiger partial charge on any atom is -0.307 e. The van der Waals surface area contributed by atoms with Crippen molar-refractivity contribution in [3.63, 3.8) is 0 Å². The van der Waals surface area contributed by atoms with Crippen LogP contribution in [0.3, 0.4) is 0 Å². The van der Waals surface area contributed by atoms with Crippen molar-refractivity contribution >= 4 is 0 Å². The minimum atomic E-state index is -0.134. The molecule has 1 aromatic heterocycles. The van der Waals surface area contributed by atoms with Gasteiger partial charge in [0, 0.05) is 24.5 Å². The van der Waals surface area contributed by atoms with Crippen LogP contribution in [0.4, 0.5) is 4.39 Å². The molecule has 1 heterocycles. The number of hydrogen-bond donors (Lipinski definition) is 1. The summed E-state index contributed by atoms with van der Waals surface area (Å²) in [4.78, 5) is 4.11. The van der Waals surface area contributed by atoms with Gasteiger partial charge in [0.15, 0.2) is 0 Å². The monoisotopic (exact) mass is 258 g/mol. The number of rotatable bonds is 5. The fraction of sp³-hybridized carbons (Fsp3) is 0.312. The third kappa shape index (κ3) is 3.86. The van der Waals surface area contributed by atoms with Crippen molar-refractivity contribution < 1.29 is 4.39 Å². The zero-order valence-electron chi connectivity index (χ0n) is 11.3. The van der Waals surface area contributed by atoms with Crippen LogP contribution in [-0.4, -0.2) is 11.0 Å². The maximum Gasteiger partial charge on any atom is 0.126 e. The van der Waals surface area contributed by atoms with Gasteiger partial charge in [-0.3, -0.25) is 4.98 Å². The highest BCUT2D eigenvalue weighted by Gasteiger charge is 2.11. The summed E-state index contributed by atoms with van der Waals surface area (Å²) in [5.41, 5.74) is 1.89. The standard InChI is InChI=1S/C16H19FN2/c1-12(10-14-6-3-4-8-16(14)17)19-13(2)15-7-5-9-18-11-15/h3-9,11-13,19H,10H2,1-2H3/t12?,13-/m1/s1. The van der Waals surface area contributed by atoms with Crippen LogP contribution in [0.5, 0.6) is 0 Å². The Morgan fingerprint density at radius 1 is 1.16 bits per heavy atom. The Bertz CT molecular complexity index is 513. The predicted molar refractivity (Wildman–Crippen MR) is 75.4 cm³/mol. The van der Waals surface area contributed by atoms with Gasteiger partial charge in [-0.25, -0.2) is 4.39 Å². The number of nitrogens with zero attached hydrogens (tertiary/aromatic N) is 1. The van der Waals surface area contributed by atoms with Crippen LogP contribution in [0.1, 0.15) is 31.0 Å². The number of benzene rings is 1. The van der Waals surface area contributed by atoms with E-state index >= 15 is 0 Å². The Morgan fingerprint density at radius 2 is 1.95 bits per heavy atom. The van der Waals surface area contributed by atoms with Crippen molar-refractivity contribution in [1.82, 2.24) is 10.3 Å². The quantitative estimate of drug-likeness (QED) is 0.887. The van der Waals surface area contributed by atoms with Gasteiger partial charge in [-0.05, 0) is 43.5 Å². The third-order valence-electron chi connectivity index (χ3n) is 3.20. The lowest BCUT2D eigenvalue weighted by Gasteiger charge is -2.20. The molecule has 0 aliphatic carbocycles. The second kappa shape index (κ2) is 6.43. The Hall–Kier alpha value is -1.74. The van der Waals surface area contributed by atoms with Crippen LogP contribution >= 0.6 is 0 Å². The van der Waals surface area contributed by atoms with Crippen molar-refractivity contribution in [2.45, 2.75) is 32.4 Å². The van der Waals surface area contributed by atoms with Gasteiger partial charge in [0.05, 0.1) is 0 Å². The van der Waals surface area contributed by atoms with E-state index in [9.17, 15) is 4.39 Å². The Labute approximate surface area is 113 Å². The van der Waals surface area contributed by atoms with Gasteiger partial charge in [-0.15, -0.1) is 0 Å². The van der Waals surface area contributed by atoms with Crippen LogP contribution < -0.4 is 5.32 Å². The van der Waals surface area contributed by atoms with Crippen molar-refractivity contribution in [3.8, 4) is 0 Å². The molecule has 100 valence electrons. The highest BCUT2D eigenvalue weighted by molar-refractivity contribution is 5.19.